The Kier molecular flexibility index (Phi) is 4.26. The van der Waals surface area contributed by atoms with Crippen LogP contribution in [0.4, 0.5) is 0 Å². The summed E-state index contributed by atoms with van der Waals surface area (Å²) in [6.07, 6.45) is 6.43. The van der Waals surface area contributed by atoms with Gasteiger partial charge in [0, 0.05) is 32.0 Å². The van der Waals surface area contributed by atoms with Gasteiger partial charge in [-0.05, 0) is 57.2 Å². The molecule has 2 saturated heterocycles. The molecule has 0 radical (unpaired) electrons. The second-order valence-electron chi connectivity index (χ2n) is 7.80. The van der Waals surface area contributed by atoms with Gasteiger partial charge in [0.25, 0.3) is 5.91 Å². The molecule has 1 amide bonds. The normalized spacial score (nSPS) is 22.9. The average Bonchev–Trinajstić information content (AvgIpc) is 3.19. The fraction of sp³-hybridized carbons (Fsp3) is 0.579. The molecule has 7 nitrogen and oxygen atoms in total. The van der Waals surface area contributed by atoms with Gasteiger partial charge < -0.3 is 9.42 Å². The Hall–Kier alpha value is -2.28. The third-order valence-corrected chi connectivity index (χ3v) is 5.95. The zero-order chi connectivity index (χ0) is 18.3. The lowest BCUT2D eigenvalue weighted by molar-refractivity contribution is 0.0592. The van der Waals surface area contributed by atoms with Crippen LogP contribution in [0.5, 0.6) is 0 Å². The molecule has 0 N–H and O–H groups in total. The summed E-state index contributed by atoms with van der Waals surface area (Å²) in [5.41, 5.74) is 1.92. The van der Waals surface area contributed by atoms with E-state index in [4.69, 9.17) is 4.52 Å². The number of piperidine rings is 1. The number of pyridine rings is 1. The van der Waals surface area contributed by atoms with Crippen LogP contribution in [0.15, 0.2) is 23.0 Å². The van der Waals surface area contributed by atoms with Gasteiger partial charge in [0.2, 0.25) is 5.89 Å². The zero-order valence-electron chi connectivity index (χ0n) is 15.6. The van der Waals surface area contributed by atoms with E-state index in [0.29, 0.717) is 17.3 Å². The molecular formula is C19H25N5O2. The number of likely N-dealkylation sites (tertiary alicyclic amines) is 2. The van der Waals surface area contributed by atoms with Crippen LogP contribution in [0.25, 0.3) is 0 Å². The minimum Gasteiger partial charge on any atom is -0.339 e. The predicted octanol–water partition coefficient (Wildman–Crippen LogP) is 2.38. The third kappa shape index (κ3) is 3.00. The second kappa shape index (κ2) is 6.46. The van der Waals surface area contributed by atoms with Gasteiger partial charge in [-0.1, -0.05) is 5.16 Å². The Balaban J connectivity index is 1.43. The maximum Gasteiger partial charge on any atom is 0.255 e. The molecule has 2 aromatic heterocycles. The summed E-state index contributed by atoms with van der Waals surface area (Å²) in [4.78, 5) is 25.6. The number of hydrogen-bond acceptors (Lipinski definition) is 6. The molecule has 2 aliphatic rings. The lowest BCUT2D eigenvalue weighted by atomic mass is 9.76. The Morgan fingerprint density at radius 3 is 2.73 bits per heavy atom. The van der Waals surface area contributed by atoms with Crippen molar-refractivity contribution >= 4 is 5.91 Å². The van der Waals surface area contributed by atoms with E-state index in [1.54, 1.807) is 12.4 Å². The molecule has 2 fully saturated rings. The number of aryl methyl sites for hydroxylation is 2. The van der Waals surface area contributed by atoms with E-state index < -0.39 is 0 Å². The lowest BCUT2D eigenvalue weighted by Gasteiger charge is -2.39. The first-order valence-electron chi connectivity index (χ1n) is 9.18. The fourth-order valence-corrected chi connectivity index (χ4v) is 4.40. The average molecular weight is 355 g/mol. The standard InChI is InChI=1S/C19H25N5O2/c1-13-4-7-20-11-15(13)18(25)24-8-5-19(6-9-24)10-16(23(3)12-19)17-21-14(2)22-26-17/h4,7,11,16H,5-6,8-10,12H2,1-3H3. The molecule has 0 saturated carbocycles. The zero-order valence-corrected chi connectivity index (χ0v) is 15.6. The largest absolute Gasteiger partial charge is 0.339 e. The maximum atomic E-state index is 12.8. The monoisotopic (exact) mass is 355 g/mol. The van der Waals surface area contributed by atoms with Crippen molar-refractivity contribution in [1.29, 1.82) is 0 Å². The molecule has 0 aromatic carbocycles. The van der Waals surface area contributed by atoms with Crippen molar-refractivity contribution in [3.63, 3.8) is 0 Å². The van der Waals surface area contributed by atoms with E-state index in [-0.39, 0.29) is 17.4 Å². The van der Waals surface area contributed by atoms with Gasteiger partial charge in [-0.2, -0.15) is 4.98 Å². The molecule has 1 atom stereocenters. The van der Waals surface area contributed by atoms with E-state index >= 15 is 0 Å². The summed E-state index contributed by atoms with van der Waals surface area (Å²) >= 11 is 0. The van der Waals surface area contributed by atoms with Crippen molar-refractivity contribution in [1.82, 2.24) is 24.9 Å². The predicted molar refractivity (Wildman–Crippen MR) is 95.6 cm³/mol. The number of nitrogens with zero attached hydrogens (tertiary/aromatic N) is 5. The molecule has 2 aliphatic heterocycles. The SMILES string of the molecule is Cc1noc(C2CC3(CCN(C(=O)c4cnccc4C)CC3)CN2C)n1. The smallest absolute Gasteiger partial charge is 0.255 e. The first kappa shape index (κ1) is 17.1. The van der Waals surface area contributed by atoms with Crippen LogP contribution in [0.2, 0.25) is 0 Å². The van der Waals surface area contributed by atoms with Crippen LogP contribution in [0.1, 0.15) is 52.9 Å². The second-order valence-corrected chi connectivity index (χ2v) is 7.80. The molecule has 4 heterocycles. The topological polar surface area (TPSA) is 75.4 Å². The third-order valence-electron chi connectivity index (χ3n) is 5.95. The number of amides is 1. The van der Waals surface area contributed by atoms with Crippen LogP contribution < -0.4 is 0 Å². The van der Waals surface area contributed by atoms with E-state index in [1.165, 1.54) is 0 Å². The van der Waals surface area contributed by atoms with Crippen LogP contribution in [-0.4, -0.2) is 57.5 Å². The van der Waals surface area contributed by atoms with Gasteiger partial charge in [0.15, 0.2) is 5.82 Å². The fourth-order valence-electron chi connectivity index (χ4n) is 4.40. The van der Waals surface area contributed by atoms with E-state index in [0.717, 1.165) is 44.5 Å². The summed E-state index contributed by atoms with van der Waals surface area (Å²) < 4.78 is 5.41. The molecule has 7 heteroatoms. The van der Waals surface area contributed by atoms with Crippen LogP contribution in [-0.2, 0) is 0 Å². The van der Waals surface area contributed by atoms with E-state index in [1.807, 2.05) is 24.8 Å². The molecule has 0 aliphatic carbocycles. The highest BCUT2D eigenvalue weighted by atomic mass is 16.5. The molecule has 4 rings (SSSR count). The summed E-state index contributed by atoms with van der Waals surface area (Å²) in [6, 6.07) is 2.07. The maximum absolute atomic E-state index is 12.8. The molecule has 138 valence electrons. The highest BCUT2D eigenvalue weighted by Gasteiger charge is 2.47. The van der Waals surface area contributed by atoms with E-state index in [2.05, 4.69) is 27.1 Å². The molecule has 0 bridgehead atoms. The van der Waals surface area contributed by atoms with Gasteiger partial charge in [-0.25, -0.2) is 0 Å². The van der Waals surface area contributed by atoms with Crippen molar-refractivity contribution in [2.24, 2.45) is 5.41 Å². The molecule has 1 spiro atoms. The van der Waals surface area contributed by atoms with Crippen LogP contribution in [0, 0.1) is 19.3 Å². The summed E-state index contributed by atoms with van der Waals surface area (Å²) in [5, 5.41) is 3.93. The van der Waals surface area contributed by atoms with Gasteiger partial charge in [0.1, 0.15) is 0 Å². The Bertz CT molecular complexity index is 810. The summed E-state index contributed by atoms with van der Waals surface area (Å²) in [7, 11) is 2.12. The Labute approximate surface area is 153 Å². The first-order chi connectivity index (χ1) is 12.5. The highest BCUT2D eigenvalue weighted by molar-refractivity contribution is 5.95. The Morgan fingerprint density at radius 2 is 2.08 bits per heavy atom. The Morgan fingerprint density at radius 1 is 1.31 bits per heavy atom. The van der Waals surface area contributed by atoms with Crippen molar-refractivity contribution in [3.8, 4) is 0 Å². The van der Waals surface area contributed by atoms with Gasteiger partial charge in [0.05, 0.1) is 11.6 Å². The highest BCUT2D eigenvalue weighted by Crippen LogP contribution is 2.48. The molecule has 1 unspecified atom stereocenters. The number of carbonyl (C=O) groups excluding carboxylic acids is 1. The molecular weight excluding hydrogens is 330 g/mol. The quantitative estimate of drug-likeness (QED) is 0.823. The lowest BCUT2D eigenvalue weighted by Crippen LogP contribution is -2.44. The van der Waals surface area contributed by atoms with Crippen molar-refractivity contribution in [2.45, 2.75) is 39.2 Å². The van der Waals surface area contributed by atoms with Gasteiger partial charge in [-0.15, -0.1) is 0 Å². The summed E-state index contributed by atoms with van der Waals surface area (Å²) in [6.45, 7) is 6.39. The molecule has 2 aromatic rings. The van der Waals surface area contributed by atoms with Crippen LogP contribution >= 0.6 is 0 Å². The van der Waals surface area contributed by atoms with Crippen molar-refractivity contribution in [2.75, 3.05) is 26.7 Å². The number of aromatic nitrogens is 3. The van der Waals surface area contributed by atoms with Crippen molar-refractivity contribution in [3.05, 3.63) is 41.3 Å². The van der Waals surface area contributed by atoms with Gasteiger partial charge in [-0.3, -0.25) is 14.7 Å². The summed E-state index contributed by atoms with van der Waals surface area (Å²) in [5.74, 6) is 1.49. The number of carbonyl (C=O) groups is 1. The number of hydrogen-bond donors (Lipinski definition) is 0. The minimum absolute atomic E-state index is 0.0980. The number of rotatable bonds is 2. The van der Waals surface area contributed by atoms with Crippen LogP contribution in [0.3, 0.4) is 0 Å². The van der Waals surface area contributed by atoms with Gasteiger partial charge >= 0.3 is 0 Å². The molecule has 26 heavy (non-hydrogen) atoms. The first-order valence-corrected chi connectivity index (χ1v) is 9.18. The van der Waals surface area contributed by atoms with Crippen molar-refractivity contribution < 1.29 is 9.32 Å². The van der Waals surface area contributed by atoms with E-state index in [9.17, 15) is 4.79 Å². The minimum atomic E-state index is 0.0980.